The zero-order valence-corrected chi connectivity index (χ0v) is 4.29. The van der Waals surface area contributed by atoms with Crippen molar-refractivity contribution in [3.05, 3.63) is 0 Å². The third-order valence-electron chi connectivity index (χ3n) is 0. The van der Waals surface area contributed by atoms with E-state index in [2.05, 4.69) is 12.6 Å². The molecule has 0 aliphatic carbocycles. The summed E-state index contributed by atoms with van der Waals surface area (Å²) in [7, 11) is 0. The summed E-state index contributed by atoms with van der Waals surface area (Å²) in [4.78, 5) is -0.806. The summed E-state index contributed by atoms with van der Waals surface area (Å²) < 4.78 is 0. The number of rotatable bonds is 0. The minimum Gasteiger partial charge on any atom is -0.380 e. The molecule has 0 spiro atoms. The van der Waals surface area contributed by atoms with Gasteiger partial charge >= 0.3 is 0 Å². The quantitative estimate of drug-likeness (QED) is 0.332. The fourth-order valence-electron chi connectivity index (χ4n) is 0. The number of thiol groups is 1. The molecule has 0 aromatic heterocycles. The van der Waals surface area contributed by atoms with Gasteiger partial charge in [-0.3, -0.25) is 0 Å². The van der Waals surface area contributed by atoms with Crippen LogP contribution < -0.4 is 0 Å². The normalized spacial score (nSPS) is 12.0. The van der Waals surface area contributed by atoms with Crippen LogP contribution in [-0.4, -0.2) is 10.0 Å². The van der Waals surface area contributed by atoms with Crippen molar-refractivity contribution >= 4 is 12.6 Å². The highest BCUT2D eigenvalue weighted by Gasteiger charge is 1.99. The van der Waals surface area contributed by atoms with E-state index in [1.165, 1.54) is 0 Å². The van der Waals surface area contributed by atoms with E-state index < -0.39 is 4.93 Å². The van der Waals surface area contributed by atoms with Gasteiger partial charge < -0.3 is 5.11 Å². The molecule has 0 aromatic rings. The lowest BCUT2D eigenvalue weighted by Crippen LogP contribution is -2.05. The van der Waals surface area contributed by atoms with Crippen LogP contribution in [0.2, 0.25) is 0 Å². The van der Waals surface area contributed by atoms with Gasteiger partial charge in [0.1, 0.15) is 4.93 Å². The highest BCUT2D eigenvalue weighted by atomic mass is 32.1. The van der Waals surface area contributed by atoms with E-state index in [9.17, 15) is 0 Å². The molecule has 0 unspecified atom stereocenters. The van der Waals surface area contributed by atoms with Crippen LogP contribution in [0.15, 0.2) is 0 Å². The Kier molecular flexibility index (Phi) is 1.26. The first kappa shape index (κ1) is 5.31. The Bertz CT molecular complexity index is 22.4. The first-order chi connectivity index (χ1) is 2.00. The van der Waals surface area contributed by atoms with Crippen molar-refractivity contribution in [2.45, 2.75) is 18.8 Å². The highest BCUT2D eigenvalue weighted by molar-refractivity contribution is 7.81. The molecule has 0 atom stereocenters. The summed E-state index contributed by atoms with van der Waals surface area (Å²) in [6.45, 7) is 3.21. The van der Waals surface area contributed by atoms with Gasteiger partial charge in [0.25, 0.3) is 0 Å². The topological polar surface area (TPSA) is 20.2 Å². The third kappa shape index (κ3) is 239. The molecule has 0 aliphatic rings. The Morgan fingerprint density at radius 3 is 1.60 bits per heavy atom. The summed E-state index contributed by atoms with van der Waals surface area (Å²) in [5.41, 5.74) is 0. The van der Waals surface area contributed by atoms with Gasteiger partial charge in [0.05, 0.1) is 0 Å². The minimum absolute atomic E-state index is 0.806. The van der Waals surface area contributed by atoms with Crippen molar-refractivity contribution in [3.8, 4) is 0 Å². The smallest absolute Gasteiger partial charge is 0.102 e. The molecular formula is C3H8OS. The van der Waals surface area contributed by atoms with Crippen LogP contribution in [0, 0.1) is 0 Å². The summed E-state index contributed by atoms with van der Waals surface area (Å²) in [6, 6.07) is 0. The summed E-state index contributed by atoms with van der Waals surface area (Å²) in [5, 5.41) is 8.39. The highest BCUT2D eigenvalue weighted by Crippen LogP contribution is 2.02. The largest absolute Gasteiger partial charge is 0.380 e. The van der Waals surface area contributed by atoms with Crippen LogP contribution in [-0.2, 0) is 0 Å². The Labute approximate surface area is 37.4 Å². The van der Waals surface area contributed by atoms with Crippen LogP contribution in [0.3, 0.4) is 0 Å². The number of hydrogen-bond acceptors (Lipinski definition) is 2. The van der Waals surface area contributed by atoms with Crippen LogP contribution in [0.4, 0.5) is 0 Å². The van der Waals surface area contributed by atoms with E-state index >= 15 is 0 Å². The molecule has 0 amide bonds. The van der Waals surface area contributed by atoms with Crippen molar-refractivity contribution in [2.75, 3.05) is 0 Å². The molecule has 0 aromatic carbocycles. The molecule has 2 heteroatoms. The van der Waals surface area contributed by atoms with E-state index in [1.54, 1.807) is 13.8 Å². The van der Waals surface area contributed by atoms with Gasteiger partial charge in [0.2, 0.25) is 0 Å². The predicted molar refractivity (Wildman–Crippen MR) is 25.3 cm³/mol. The van der Waals surface area contributed by atoms with Gasteiger partial charge in [-0.15, -0.1) is 12.6 Å². The molecule has 0 bridgehead atoms. The van der Waals surface area contributed by atoms with Crippen LogP contribution in [0.25, 0.3) is 0 Å². The lowest BCUT2D eigenvalue weighted by molar-refractivity contribution is 0.181. The summed E-state index contributed by atoms with van der Waals surface area (Å²) in [6.07, 6.45) is 0. The fourth-order valence-corrected chi connectivity index (χ4v) is 0. The molecule has 0 heterocycles. The van der Waals surface area contributed by atoms with Gasteiger partial charge in [-0.1, -0.05) is 0 Å². The van der Waals surface area contributed by atoms with E-state index in [1.807, 2.05) is 0 Å². The van der Waals surface area contributed by atoms with E-state index in [4.69, 9.17) is 5.11 Å². The second-order valence-electron chi connectivity index (χ2n) is 1.49. The van der Waals surface area contributed by atoms with E-state index in [-0.39, 0.29) is 0 Å². The Morgan fingerprint density at radius 1 is 1.60 bits per heavy atom. The summed E-state index contributed by atoms with van der Waals surface area (Å²) >= 11 is 3.68. The van der Waals surface area contributed by atoms with Gasteiger partial charge in [-0.2, -0.15) is 0 Å². The number of hydrogen-bond donors (Lipinski definition) is 2. The average Bonchev–Trinajstić information content (AvgIpc) is 0.722. The molecule has 1 nitrogen and oxygen atoms in total. The standard InChI is InChI=1S/C3H8OS/c1-3(2,4)5/h4-5H,1-2H3. The monoisotopic (exact) mass is 92.0 g/mol. The molecular weight excluding hydrogens is 84.1 g/mol. The van der Waals surface area contributed by atoms with Gasteiger partial charge in [-0.25, -0.2) is 0 Å². The minimum atomic E-state index is -0.806. The molecule has 0 saturated carbocycles. The zero-order chi connectivity index (χ0) is 4.50. The van der Waals surface area contributed by atoms with Crippen LogP contribution in [0.5, 0.6) is 0 Å². The fraction of sp³-hybridized carbons (Fsp3) is 1.00. The van der Waals surface area contributed by atoms with E-state index in [0.717, 1.165) is 0 Å². The van der Waals surface area contributed by atoms with E-state index in [0.29, 0.717) is 0 Å². The van der Waals surface area contributed by atoms with Crippen molar-refractivity contribution in [1.82, 2.24) is 0 Å². The Hall–Kier alpha value is 0.310. The molecule has 1 N–H and O–H groups in total. The summed E-state index contributed by atoms with van der Waals surface area (Å²) in [5.74, 6) is 0. The lowest BCUT2D eigenvalue weighted by atomic mass is 10.5. The van der Waals surface area contributed by atoms with Crippen molar-refractivity contribution in [1.29, 1.82) is 0 Å². The average molecular weight is 92.2 g/mol. The van der Waals surface area contributed by atoms with Gasteiger partial charge in [0, 0.05) is 0 Å². The van der Waals surface area contributed by atoms with Gasteiger partial charge in [0.15, 0.2) is 0 Å². The molecule has 0 saturated heterocycles. The van der Waals surface area contributed by atoms with Crippen molar-refractivity contribution in [3.63, 3.8) is 0 Å². The second kappa shape index (κ2) is 1.19. The molecule has 0 radical (unpaired) electrons. The molecule has 5 heavy (non-hydrogen) atoms. The zero-order valence-electron chi connectivity index (χ0n) is 3.39. The predicted octanol–water partition coefficient (Wildman–Crippen LogP) is 0.645. The van der Waals surface area contributed by atoms with Crippen LogP contribution >= 0.6 is 12.6 Å². The maximum atomic E-state index is 8.39. The number of aliphatic hydroxyl groups is 1. The van der Waals surface area contributed by atoms with Crippen LogP contribution in [0.1, 0.15) is 13.8 Å². The molecule has 0 fully saturated rings. The third-order valence-corrected chi connectivity index (χ3v) is 0. The SMILES string of the molecule is CC(C)(O)S. The first-order valence-electron chi connectivity index (χ1n) is 1.45. The molecule has 32 valence electrons. The molecule has 0 aliphatic heterocycles. The molecule has 0 rings (SSSR count). The maximum absolute atomic E-state index is 8.39. The van der Waals surface area contributed by atoms with Crippen molar-refractivity contribution in [2.24, 2.45) is 0 Å². The van der Waals surface area contributed by atoms with Crippen molar-refractivity contribution < 1.29 is 5.11 Å². The lowest BCUT2D eigenvalue weighted by Gasteiger charge is -2.03. The maximum Gasteiger partial charge on any atom is 0.102 e. The van der Waals surface area contributed by atoms with Gasteiger partial charge in [-0.05, 0) is 13.8 Å². The second-order valence-corrected chi connectivity index (χ2v) is 2.59. The Morgan fingerprint density at radius 2 is 1.60 bits per heavy atom. The Balaban J connectivity index is 3.02. The first-order valence-corrected chi connectivity index (χ1v) is 1.89.